The molecule has 1 aromatic carbocycles. The largest absolute Gasteiger partial charge is 0.462 e. The van der Waals surface area contributed by atoms with E-state index in [1.807, 2.05) is 0 Å². The highest BCUT2D eigenvalue weighted by Crippen LogP contribution is 2.49. The molecule has 1 saturated heterocycles. The molecule has 5 atom stereocenters. The zero-order valence-electron chi connectivity index (χ0n) is 19.5. The lowest BCUT2D eigenvalue weighted by atomic mass is 10.2. The van der Waals surface area contributed by atoms with Crippen LogP contribution in [0.2, 0.25) is 0 Å². The SMILES string of the molecule is CC(C)OC(=O)[C@H](C)N[P@@](=S)(OC[C@H]1O[C@@H](n2ccc(=O)[nH]c2=O)C(Cl)(Cl)[C@@H]1O)Oc1ccccc1. The third-order valence-electron chi connectivity index (χ3n) is 4.92. The number of rotatable bonds is 10. The number of benzene rings is 1. The van der Waals surface area contributed by atoms with E-state index in [0.29, 0.717) is 5.75 Å². The molecule has 198 valence electrons. The predicted octanol–water partition coefficient (Wildman–Crippen LogP) is 2.22. The van der Waals surface area contributed by atoms with Crippen molar-refractivity contribution in [3.8, 4) is 5.75 Å². The molecule has 1 fully saturated rings. The average Bonchev–Trinajstić information content (AvgIpc) is 3.01. The summed E-state index contributed by atoms with van der Waals surface area (Å²) >= 11 is 18.3. The van der Waals surface area contributed by atoms with Crippen LogP contribution in [0.3, 0.4) is 0 Å². The van der Waals surface area contributed by atoms with E-state index in [0.717, 1.165) is 16.8 Å². The number of nitrogens with one attached hydrogen (secondary N) is 2. The molecule has 2 heterocycles. The molecule has 1 aliphatic rings. The van der Waals surface area contributed by atoms with E-state index in [1.54, 1.807) is 51.1 Å². The van der Waals surface area contributed by atoms with Crippen LogP contribution in [0.1, 0.15) is 27.0 Å². The maximum Gasteiger partial charge on any atom is 0.330 e. The van der Waals surface area contributed by atoms with Crippen molar-refractivity contribution in [3.05, 3.63) is 63.4 Å². The third kappa shape index (κ3) is 6.96. The lowest BCUT2D eigenvalue weighted by Crippen LogP contribution is -2.41. The molecule has 3 rings (SSSR count). The van der Waals surface area contributed by atoms with Gasteiger partial charge in [-0.3, -0.25) is 19.1 Å². The second kappa shape index (κ2) is 11.7. The highest BCUT2D eigenvalue weighted by molar-refractivity contribution is 8.09. The van der Waals surface area contributed by atoms with Crippen LogP contribution >= 0.6 is 29.8 Å². The topological polar surface area (TPSA) is 141 Å². The van der Waals surface area contributed by atoms with E-state index in [1.165, 1.54) is 0 Å². The molecule has 1 aromatic heterocycles. The Hall–Kier alpha value is -1.76. The van der Waals surface area contributed by atoms with Gasteiger partial charge in [0.1, 0.15) is 24.0 Å². The van der Waals surface area contributed by atoms with Gasteiger partial charge >= 0.3 is 18.3 Å². The van der Waals surface area contributed by atoms with Crippen LogP contribution < -0.4 is 20.9 Å². The summed E-state index contributed by atoms with van der Waals surface area (Å²) in [5.74, 6) is -0.179. The number of carbonyl (C=O) groups excluding carboxylic acids is 1. The molecule has 0 unspecified atom stereocenters. The number of aromatic amines is 1. The molecule has 0 radical (unpaired) electrons. The summed E-state index contributed by atoms with van der Waals surface area (Å²) in [7, 11) is 0. The number of hydrogen-bond acceptors (Lipinski definition) is 9. The van der Waals surface area contributed by atoms with Crippen LogP contribution in [0.15, 0.2) is 52.2 Å². The van der Waals surface area contributed by atoms with E-state index < -0.39 is 52.7 Å². The van der Waals surface area contributed by atoms with Crippen molar-refractivity contribution < 1.29 is 28.4 Å². The second-order valence-electron chi connectivity index (χ2n) is 8.20. The van der Waals surface area contributed by atoms with Crippen molar-refractivity contribution in [2.24, 2.45) is 0 Å². The molecule has 0 aliphatic carbocycles. The fourth-order valence-corrected chi connectivity index (χ4v) is 6.24. The minimum atomic E-state index is -3.43. The molecule has 0 bridgehead atoms. The number of esters is 1. The molecule has 0 saturated carbocycles. The molecule has 15 heteroatoms. The number of H-pyrrole nitrogens is 1. The molecule has 2 aromatic rings. The number of ether oxygens (including phenoxy) is 2. The van der Waals surface area contributed by atoms with E-state index in [2.05, 4.69) is 10.1 Å². The number of halogens is 2. The first-order valence-electron chi connectivity index (χ1n) is 10.8. The van der Waals surface area contributed by atoms with Crippen molar-refractivity contribution in [1.82, 2.24) is 14.6 Å². The molecule has 11 nitrogen and oxygen atoms in total. The molecule has 3 N–H and O–H groups in total. The zero-order valence-corrected chi connectivity index (χ0v) is 22.7. The molecule has 0 amide bonds. The number of aliphatic hydroxyl groups is 1. The van der Waals surface area contributed by atoms with Gasteiger partial charge in [0, 0.05) is 12.3 Å². The normalized spacial score (nSPS) is 23.7. The molecule has 0 spiro atoms. The van der Waals surface area contributed by atoms with Crippen LogP contribution in [0.5, 0.6) is 5.75 Å². The number of nitrogens with zero attached hydrogens (tertiary/aromatic N) is 1. The van der Waals surface area contributed by atoms with Gasteiger partial charge in [-0.2, -0.15) is 0 Å². The first-order chi connectivity index (χ1) is 16.8. The van der Waals surface area contributed by atoms with Gasteiger partial charge in [0.25, 0.3) is 5.56 Å². The Labute approximate surface area is 221 Å². The fourth-order valence-electron chi connectivity index (χ4n) is 3.22. The van der Waals surface area contributed by atoms with Gasteiger partial charge in [-0.1, -0.05) is 41.4 Å². The van der Waals surface area contributed by atoms with E-state index in [4.69, 9.17) is 53.5 Å². The quantitative estimate of drug-likeness (QED) is 0.217. The Kier molecular flexibility index (Phi) is 9.40. The minimum absolute atomic E-state index is 0.341. The summed E-state index contributed by atoms with van der Waals surface area (Å²) in [4.78, 5) is 38.0. The van der Waals surface area contributed by atoms with Crippen LogP contribution in [-0.2, 0) is 30.6 Å². The first-order valence-corrected chi connectivity index (χ1v) is 14.2. The van der Waals surface area contributed by atoms with Crippen molar-refractivity contribution in [2.45, 2.75) is 55.7 Å². The predicted molar refractivity (Wildman–Crippen MR) is 137 cm³/mol. The van der Waals surface area contributed by atoms with Gasteiger partial charge in [-0.05, 0) is 44.7 Å². The monoisotopic (exact) mass is 581 g/mol. The van der Waals surface area contributed by atoms with Crippen molar-refractivity contribution in [2.75, 3.05) is 6.61 Å². The summed E-state index contributed by atoms with van der Waals surface area (Å²) < 4.78 is 21.7. The summed E-state index contributed by atoms with van der Waals surface area (Å²) in [6, 6.07) is 8.77. The van der Waals surface area contributed by atoms with Crippen molar-refractivity contribution in [3.63, 3.8) is 0 Å². The van der Waals surface area contributed by atoms with Crippen LogP contribution in [0.4, 0.5) is 0 Å². The van der Waals surface area contributed by atoms with Crippen LogP contribution in [-0.4, -0.2) is 55.9 Å². The Morgan fingerprint density at radius 2 is 1.94 bits per heavy atom. The van der Waals surface area contributed by atoms with E-state index >= 15 is 0 Å². The summed E-state index contributed by atoms with van der Waals surface area (Å²) in [6.07, 6.45) is -3.22. The second-order valence-corrected chi connectivity index (χ2v) is 12.8. The number of carbonyl (C=O) groups is 1. The highest BCUT2D eigenvalue weighted by atomic mass is 35.5. The minimum Gasteiger partial charge on any atom is -0.462 e. The molecule has 36 heavy (non-hydrogen) atoms. The van der Waals surface area contributed by atoms with Gasteiger partial charge < -0.3 is 23.6 Å². The standard InChI is InChI=1S/C21H26Cl2N3O8PS/c1-12(2)32-18(29)13(3)25-35(36,34-14-7-5-4-6-8-14)31-11-15-17(28)21(22,23)19(33-15)26-10-9-16(27)24-20(26)30/h4-10,12-13,15,17,19,28H,11H2,1-3H3,(H,25,36)(H,24,27,30)/t13-,15+,17+,19+,35+/m0/s1. The third-order valence-corrected chi connectivity index (χ3v) is 8.24. The molecular weight excluding hydrogens is 556 g/mol. The lowest BCUT2D eigenvalue weighted by Gasteiger charge is -2.28. The number of aliphatic hydroxyl groups excluding tert-OH is 1. The van der Waals surface area contributed by atoms with Crippen LogP contribution in [0.25, 0.3) is 0 Å². The van der Waals surface area contributed by atoms with Crippen molar-refractivity contribution >= 4 is 47.6 Å². The van der Waals surface area contributed by atoms with Gasteiger partial charge in [0.15, 0.2) is 10.6 Å². The Morgan fingerprint density at radius 3 is 2.56 bits per heavy atom. The number of alkyl halides is 2. The smallest absolute Gasteiger partial charge is 0.330 e. The molecular formula is C21H26Cl2N3O8PS. The highest BCUT2D eigenvalue weighted by Gasteiger charge is 2.56. The zero-order chi connectivity index (χ0) is 26.7. The van der Waals surface area contributed by atoms with Crippen molar-refractivity contribution in [1.29, 1.82) is 0 Å². The maximum absolute atomic E-state index is 12.4. The fraction of sp³-hybridized carbons (Fsp3) is 0.476. The summed E-state index contributed by atoms with van der Waals surface area (Å²) in [5.41, 5.74) is -1.46. The maximum atomic E-state index is 12.4. The first kappa shape index (κ1) is 28.8. The van der Waals surface area contributed by atoms with Gasteiger partial charge in [0.05, 0.1) is 12.7 Å². The van der Waals surface area contributed by atoms with Gasteiger partial charge in [-0.25, -0.2) is 9.88 Å². The van der Waals surface area contributed by atoms with Crippen LogP contribution in [0, 0.1) is 0 Å². The summed E-state index contributed by atoms with van der Waals surface area (Å²) in [5, 5.41) is 13.6. The Balaban J connectivity index is 1.80. The Bertz CT molecular complexity index is 1230. The lowest BCUT2D eigenvalue weighted by molar-refractivity contribution is -0.149. The number of para-hydroxylation sites is 1. The van der Waals surface area contributed by atoms with Gasteiger partial charge in [-0.15, -0.1) is 0 Å². The van der Waals surface area contributed by atoms with E-state index in [-0.39, 0.29) is 12.7 Å². The molecule has 1 aliphatic heterocycles. The van der Waals surface area contributed by atoms with E-state index in [9.17, 15) is 19.5 Å². The number of aromatic nitrogens is 2. The number of hydrogen-bond donors (Lipinski definition) is 3. The average molecular weight is 582 g/mol. The van der Waals surface area contributed by atoms with Gasteiger partial charge in [0.2, 0.25) is 0 Å². The summed E-state index contributed by atoms with van der Waals surface area (Å²) in [6.45, 7) is 1.18. The Morgan fingerprint density at radius 1 is 1.28 bits per heavy atom.